The van der Waals surface area contributed by atoms with Gasteiger partial charge in [0.2, 0.25) is 0 Å². The topological polar surface area (TPSA) is 17.1 Å². The maximum Gasteiger partial charge on any atom is 0.188 e. The highest BCUT2D eigenvalue weighted by Crippen LogP contribution is 2.24. The van der Waals surface area contributed by atoms with E-state index >= 15 is 0 Å². The second kappa shape index (κ2) is 2.99. The molecule has 0 saturated heterocycles. The van der Waals surface area contributed by atoms with E-state index in [4.69, 9.17) is 0 Å². The summed E-state index contributed by atoms with van der Waals surface area (Å²) in [5, 5.41) is 2.60. The van der Waals surface area contributed by atoms with Crippen molar-refractivity contribution in [2.24, 2.45) is 0 Å². The lowest BCUT2D eigenvalue weighted by molar-refractivity contribution is 1.70. The monoisotopic (exact) mass is 240 g/mol. The van der Waals surface area contributed by atoms with Gasteiger partial charge in [-0.25, -0.2) is 0 Å². The van der Waals surface area contributed by atoms with Crippen LogP contribution in [0, 0.1) is 0 Å². The number of hydrogen-bond acceptors (Lipinski definition) is 2. The zero-order chi connectivity index (χ0) is 8.55. The van der Waals surface area contributed by atoms with Crippen molar-refractivity contribution >= 4 is 37.4 Å². The van der Waals surface area contributed by atoms with Crippen molar-refractivity contribution in [1.82, 2.24) is 0 Å². The van der Waals surface area contributed by atoms with Gasteiger partial charge in [-0.1, -0.05) is 6.07 Å². The van der Waals surface area contributed by atoms with E-state index in [-0.39, 0.29) is 5.43 Å². The first-order chi connectivity index (χ1) is 5.79. The van der Waals surface area contributed by atoms with Gasteiger partial charge in [0.15, 0.2) is 5.43 Å². The molecule has 0 radical (unpaired) electrons. The summed E-state index contributed by atoms with van der Waals surface area (Å²) in [4.78, 5) is 11.3. The highest BCUT2D eigenvalue weighted by molar-refractivity contribution is 9.10. The van der Waals surface area contributed by atoms with Crippen molar-refractivity contribution in [2.45, 2.75) is 0 Å². The van der Waals surface area contributed by atoms with E-state index in [1.807, 2.05) is 23.6 Å². The minimum atomic E-state index is 0.0880. The van der Waals surface area contributed by atoms with Gasteiger partial charge in [0.05, 0.1) is 4.70 Å². The quantitative estimate of drug-likeness (QED) is 0.692. The molecule has 0 saturated carbocycles. The molecular weight excluding hydrogens is 236 g/mol. The van der Waals surface area contributed by atoms with Crippen molar-refractivity contribution in [3.63, 3.8) is 0 Å². The Labute approximate surface area is 81.8 Å². The van der Waals surface area contributed by atoms with E-state index in [1.54, 1.807) is 17.4 Å². The summed E-state index contributed by atoms with van der Waals surface area (Å²) < 4.78 is 2.01. The fraction of sp³-hybridized carbons (Fsp3) is 0. The average Bonchev–Trinajstić information content (AvgIpc) is 2.07. The van der Waals surface area contributed by atoms with Gasteiger partial charge in [-0.15, -0.1) is 11.3 Å². The molecule has 0 fully saturated rings. The van der Waals surface area contributed by atoms with Crippen LogP contribution in [0.3, 0.4) is 0 Å². The highest BCUT2D eigenvalue weighted by atomic mass is 79.9. The lowest BCUT2D eigenvalue weighted by atomic mass is 10.2. The number of rotatable bonds is 0. The van der Waals surface area contributed by atoms with E-state index in [0.29, 0.717) is 0 Å². The minimum Gasteiger partial charge on any atom is -0.289 e. The molecular formula is C9H5BrOS. The predicted octanol–water partition coefficient (Wildman–Crippen LogP) is 3.02. The molecule has 1 aromatic carbocycles. The molecule has 0 aliphatic heterocycles. The fourth-order valence-corrected chi connectivity index (χ4v) is 2.53. The number of fused-ring (bicyclic) bond motifs is 1. The van der Waals surface area contributed by atoms with Crippen molar-refractivity contribution in [3.05, 3.63) is 44.3 Å². The predicted molar refractivity (Wildman–Crippen MR) is 55.8 cm³/mol. The third kappa shape index (κ3) is 1.19. The highest BCUT2D eigenvalue weighted by Gasteiger charge is 1.99. The Morgan fingerprint density at radius 1 is 1.25 bits per heavy atom. The second-order valence-electron chi connectivity index (χ2n) is 2.40. The van der Waals surface area contributed by atoms with Crippen LogP contribution in [-0.2, 0) is 0 Å². The molecule has 1 heterocycles. The Bertz CT molecular complexity index is 475. The van der Waals surface area contributed by atoms with Crippen LogP contribution in [0.5, 0.6) is 0 Å². The van der Waals surface area contributed by atoms with E-state index in [0.717, 1.165) is 14.6 Å². The number of hydrogen-bond donors (Lipinski definition) is 0. The molecule has 0 bridgehead atoms. The molecule has 12 heavy (non-hydrogen) atoms. The van der Waals surface area contributed by atoms with Gasteiger partial charge < -0.3 is 0 Å². The fourth-order valence-electron chi connectivity index (χ4n) is 1.08. The van der Waals surface area contributed by atoms with Crippen LogP contribution in [0.1, 0.15) is 0 Å². The van der Waals surface area contributed by atoms with Gasteiger partial charge in [0, 0.05) is 9.86 Å². The van der Waals surface area contributed by atoms with Crippen LogP contribution in [0.2, 0.25) is 0 Å². The third-order valence-corrected chi connectivity index (χ3v) is 3.51. The molecule has 0 spiro atoms. The largest absolute Gasteiger partial charge is 0.289 e. The second-order valence-corrected chi connectivity index (χ2v) is 4.17. The van der Waals surface area contributed by atoms with E-state index in [9.17, 15) is 4.79 Å². The zero-order valence-electron chi connectivity index (χ0n) is 6.08. The average molecular weight is 241 g/mol. The van der Waals surface area contributed by atoms with Crippen LogP contribution in [0.15, 0.2) is 38.9 Å². The van der Waals surface area contributed by atoms with Crippen molar-refractivity contribution in [1.29, 1.82) is 0 Å². The lowest BCUT2D eigenvalue weighted by Crippen LogP contribution is -1.96. The summed E-state index contributed by atoms with van der Waals surface area (Å²) >= 11 is 4.97. The number of benzene rings is 1. The normalized spacial score (nSPS) is 10.4. The third-order valence-electron chi connectivity index (χ3n) is 1.64. The van der Waals surface area contributed by atoms with Crippen molar-refractivity contribution < 1.29 is 0 Å². The first-order valence-corrected chi connectivity index (χ1v) is 5.12. The maximum atomic E-state index is 11.3. The molecule has 1 nitrogen and oxygen atoms in total. The Hall–Kier alpha value is -0.670. The molecule has 60 valence electrons. The van der Waals surface area contributed by atoms with Crippen LogP contribution in [0.25, 0.3) is 10.1 Å². The van der Waals surface area contributed by atoms with Crippen LogP contribution < -0.4 is 5.43 Å². The van der Waals surface area contributed by atoms with Gasteiger partial charge in [-0.05, 0) is 39.5 Å². The van der Waals surface area contributed by atoms with Crippen LogP contribution in [0.4, 0.5) is 0 Å². The molecule has 0 aliphatic carbocycles. The summed E-state index contributed by atoms with van der Waals surface area (Å²) in [5.41, 5.74) is 0.0880. The van der Waals surface area contributed by atoms with Gasteiger partial charge in [0.25, 0.3) is 0 Å². The SMILES string of the molecule is O=c1ccsc2c(Br)cccc12. The summed E-state index contributed by atoms with van der Waals surface area (Å²) in [7, 11) is 0. The summed E-state index contributed by atoms with van der Waals surface area (Å²) in [6.07, 6.45) is 0. The van der Waals surface area contributed by atoms with E-state index in [1.165, 1.54) is 0 Å². The van der Waals surface area contributed by atoms with E-state index in [2.05, 4.69) is 15.9 Å². The van der Waals surface area contributed by atoms with Crippen molar-refractivity contribution in [3.8, 4) is 0 Å². The van der Waals surface area contributed by atoms with Crippen molar-refractivity contribution in [2.75, 3.05) is 0 Å². The Kier molecular flexibility index (Phi) is 1.98. The van der Waals surface area contributed by atoms with E-state index < -0.39 is 0 Å². The maximum absolute atomic E-state index is 11.3. The smallest absolute Gasteiger partial charge is 0.188 e. The summed E-state index contributed by atoms with van der Waals surface area (Å²) in [6, 6.07) is 7.26. The number of halogens is 1. The van der Waals surface area contributed by atoms with Crippen LogP contribution >= 0.6 is 27.3 Å². The molecule has 0 unspecified atom stereocenters. The minimum absolute atomic E-state index is 0.0880. The molecule has 2 aromatic rings. The Balaban J connectivity index is 3.05. The molecule has 2 rings (SSSR count). The molecule has 0 aliphatic rings. The molecule has 0 amide bonds. The lowest BCUT2D eigenvalue weighted by Gasteiger charge is -1.95. The standard InChI is InChI=1S/C9H5BrOS/c10-7-3-1-2-6-8(11)4-5-12-9(6)7/h1-5H. The first-order valence-electron chi connectivity index (χ1n) is 3.45. The molecule has 3 heteroatoms. The van der Waals surface area contributed by atoms with Crippen LogP contribution in [-0.4, -0.2) is 0 Å². The van der Waals surface area contributed by atoms with Gasteiger partial charge in [-0.3, -0.25) is 4.79 Å². The first kappa shape index (κ1) is 7.95. The summed E-state index contributed by atoms with van der Waals surface area (Å²) in [6.45, 7) is 0. The van der Waals surface area contributed by atoms with Gasteiger partial charge in [0.1, 0.15) is 0 Å². The zero-order valence-corrected chi connectivity index (χ0v) is 8.48. The molecule has 1 aromatic heterocycles. The molecule has 0 N–H and O–H groups in total. The van der Waals surface area contributed by atoms with Gasteiger partial charge in [-0.2, -0.15) is 0 Å². The summed E-state index contributed by atoms with van der Waals surface area (Å²) in [5.74, 6) is 0. The Morgan fingerprint density at radius 3 is 2.83 bits per heavy atom. The van der Waals surface area contributed by atoms with Gasteiger partial charge >= 0.3 is 0 Å². The molecule has 0 atom stereocenters. The Morgan fingerprint density at radius 2 is 2.08 bits per heavy atom.